The van der Waals surface area contributed by atoms with Crippen LogP contribution in [0, 0.1) is 0 Å². The average Bonchev–Trinajstić information content (AvgIpc) is 2.57. The molecule has 2 aromatic rings. The molecule has 0 atom stereocenters. The minimum absolute atomic E-state index is 0.0909. The van der Waals surface area contributed by atoms with Gasteiger partial charge in [0, 0.05) is 0 Å². The standard InChI is InChI=1S/C19H17NOSe/c21-19-12-11-17(15-22-18-9-5-2-6-10-18)14-20(19)13-16-7-3-1-4-8-16/h1-12,15H,13-14H2/b17-15+. The molecule has 0 N–H and O–H groups in total. The van der Waals surface area contributed by atoms with Gasteiger partial charge in [-0.25, -0.2) is 0 Å². The molecule has 0 unspecified atom stereocenters. The number of nitrogens with zero attached hydrogens (tertiary/aromatic N) is 1. The molecule has 0 saturated carbocycles. The van der Waals surface area contributed by atoms with Crippen LogP contribution in [-0.4, -0.2) is 32.3 Å². The fourth-order valence-electron chi connectivity index (χ4n) is 2.29. The molecule has 0 radical (unpaired) electrons. The number of benzene rings is 2. The second kappa shape index (κ2) is 7.26. The molecule has 3 heteroatoms. The number of hydrogen-bond acceptors (Lipinski definition) is 1. The van der Waals surface area contributed by atoms with E-state index in [0.717, 1.165) is 0 Å². The molecule has 1 aliphatic rings. The van der Waals surface area contributed by atoms with Crippen molar-refractivity contribution in [1.82, 2.24) is 4.90 Å². The van der Waals surface area contributed by atoms with Gasteiger partial charge in [-0.3, -0.25) is 0 Å². The van der Waals surface area contributed by atoms with Crippen LogP contribution in [0.3, 0.4) is 0 Å². The van der Waals surface area contributed by atoms with Gasteiger partial charge in [-0.15, -0.1) is 0 Å². The molecule has 22 heavy (non-hydrogen) atoms. The van der Waals surface area contributed by atoms with Gasteiger partial charge in [0.25, 0.3) is 0 Å². The Hall–Kier alpha value is -2.09. The summed E-state index contributed by atoms with van der Waals surface area (Å²) in [5, 5.41) is 0. The van der Waals surface area contributed by atoms with Gasteiger partial charge in [-0.2, -0.15) is 0 Å². The first-order valence-electron chi connectivity index (χ1n) is 7.23. The van der Waals surface area contributed by atoms with E-state index in [9.17, 15) is 4.79 Å². The molecule has 1 amide bonds. The van der Waals surface area contributed by atoms with Crippen molar-refractivity contribution in [3.05, 3.63) is 88.9 Å². The third-order valence-corrected chi connectivity index (χ3v) is 5.46. The van der Waals surface area contributed by atoms with E-state index in [4.69, 9.17) is 0 Å². The van der Waals surface area contributed by atoms with Gasteiger partial charge < -0.3 is 0 Å². The van der Waals surface area contributed by atoms with E-state index in [1.165, 1.54) is 15.6 Å². The predicted molar refractivity (Wildman–Crippen MR) is 90.9 cm³/mol. The summed E-state index contributed by atoms with van der Waals surface area (Å²) in [5.41, 5.74) is 2.39. The molecular formula is C19H17NOSe. The van der Waals surface area contributed by atoms with E-state index in [1.54, 1.807) is 6.08 Å². The van der Waals surface area contributed by atoms with Crippen molar-refractivity contribution in [2.45, 2.75) is 6.54 Å². The zero-order chi connectivity index (χ0) is 15.2. The molecule has 2 aromatic carbocycles. The molecule has 2 nitrogen and oxygen atoms in total. The van der Waals surface area contributed by atoms with E-state index < -0.39 is 0 Å². The van der Waals surface area contributed by atoms with Crippen molar-refractivity contribution in [1.29, 1.82) is 0 Å². The molecule has 1 heterocycles. The maximum atomic E-state index is 12.0. The van der Waals surface area contributed by atoms with Crippen LogP contribution in [0.15, 0.2) is 83.4 Å². The summed E-state index contributed by atoms with van der Waals surface area (Å²) in [7, 11) is 0. The second-order valence-electron chi connectivity index (χ2n) is 5.14. The first kappa shape index (κ1) is 14.8. The van der Waals surface area contributed by atoms with Crippen LogP contribution in [0.1, 0.15) is 5.56 Å². The summed E-state index contributed by atoms with van der Waals surface area (Å²) in [6, 6.07) is 20.6. The molecule has 0 spiro atoms. The SMILES string of the molecule is O=C1C=C/C(=C\[Se]c2ccccc2)CN1Cc1ccccc1. The van der Waals surface area contributed by atoms with Crippen molar-refractivity contribution in [3.63, 3.8) is 0 Å². The van der Waals surface area contributed by atoms with Crippen LogP contribution in [0.2, 0.25) is 0 Å². The minimum atomic E-state index is 0.0909. The summed E-state index contributed by atoms with van der Waals surface area (Å²) >= 11 is 0.305. The number of hydrogen-bond donors (Lipinski definition) is 0. The summed E-state index contributed by atoms with van der Waals surface area (Å²) in [6.07, 6.45) is 3.63. The van der Waals surface area contributed by atoms with Gasteiger partial charge in [0.05, 0.1) is 0 Å². The third-order valence-electron chi connectivity index (χ3n) is 3.43. The topological polar surface area (TPSA) is 20.3 Å². The number of amides is 1. The van der Waals surface area contributed by atoms with Crippen LogP contribution in [-0.2, 0) is 11.3 Å². The number of carbonyl (C=O) groups is 1. The maximum absolute atomic E-state index is 12.0. The van der Waals surface area contributed by atoms with Gasteiger partial charge in [0.15, 0.2) is 0 Å². The molecule has 0 aliphatic carbocycles. The Morgan fingerprint density at radius 2 is 1.64 bits per heavy atom. The Balaban J connectivity index is 1.68. The van der Waals surface area contributed by atoms with Gasteiger partial charge in [-0.05, 0) is 0 Å². The van der Waals surface area contributed by atoms with Gasteiger partial charge in [0.2, 0.25) is 0 Å². The second-order valence-corrected chi connectivity index (χ2v) is 7.11. The summed E-state index contributed by atoms with van der Waals surface area (Å²) in [6.45, 7) is 1.36. The first-order valence-corrected chi connectivity index (χ1v) is 9.07. The quantitative estimate of drug-likeness (QED) is 0.773. The molecule has 0 aromatic heterocycles. The van der Waals surface area contributed by atoms with Crippen molar-refractivity contribution >= 4 is 25.3 Å². The molecule has 0 saturated heterocycles. The van der Waals surface area contributed by atoms with E-state index in [1.807, 2.05) is 35.2 Å². The molecule has 0 fully saturated rings. The van der Waals surface area contributed by atoms with Crippen molar-refractivity contribution < 1.29 is 4.79 Å². The van der Waals surface area contributed by atoms with Crippen LogP contribution >= 0.6 is 0 Å². The monoisotopic (exact) mass is 355 g/mol. The Morgan fingerprint density at radius 3 is 2.36 bits per heavy atom. The van der Waals surface area contributed by atoms with Gasteiger partial charge >= 0.3 is 137 Å². The fraction of sp³-hybridized carbons (Fsp3) is 0.105. The van der Waals surface area contributed by atoms with Crippen molar-refractivity contribution in [2.75, 3.05) is 6.54 Å². The third kappa shape index (κ3) is 3.97. The van der Waals surface area contributed by atoms with Crippen molar-refractivity contribution in [2.24, 2.45) is 0 Å². The zero-order valence-corrected chi connectivity index (χ0v) is 13.9. The van der Waals surface area contributed by atoms with Crippen LogP contribution in [0.4, 0.5) is 0 Å². The molecular weight excluding hydrogens is 337 g/mol. The Labute approximate surface area is 137 Å². The molecule has 1 aliphatic heterocycles. The molecule has 0 bridgehead atoms. The Bertz CT molecular complexity index is 692. The average molecular weight is 354 g/mol. The Kier molecular flexibility index (Phi) is 4.89. The van der Waals surface area contributed by atoms with Crippen LogP contribution in [0.25, 0.3) is 0 Å². The van der Waals surface area contributed by atoms with Crippen LogP contribution < -0.4 is 4.46 Å². The number of carbonyl (C=O) groups excluding carboxylic acids is 1. The summed E-state index contributed by atoms with van der Waals surface area (Å²) in [5.74, 6) is 0.0909. The first-order chi connectivity index (χ1) is 10.8. The van der Waals surface area contributed by atoms with E-state index in [2.05, 4.69) is 41.4 Å². The van der Waals surface area contributed by atoms with Gasteiger partial charge in [-0.1, -0.05) is 0 Å². The van der Waals surface area contributed by atoms with E-state index in [-0.39, 0.29) is 5.91 Å². The Morgan fingerprint density at radius 1 is 0.955 bits per heavy atom. The van der Waals surface area contributed by atoms with Gasteiger partial charge in [0.1, 0.15) is 0 Å². The normalized spacial score (nSPS) is 16.3. The number of rotatable bonds is 4. The summed E-state index contributed by atoms with van der Waals surface area (Å²) in [4.78, 5) is 16.2. The van der Waals surface area contributed by atoms with E-state index in [0.29, 0.717) is 28.0 Å². The zero-order valence-electron chi connectivity index (χ0n) is 12.2. The van der Waals surface area contributed by atoms with Crippen molar-refractivity contribution in [3.8, 4) is 0 Å². The summed E-state index contributed by atoms with van der Waals surface area (Å²) < 4.78 is 1.35. The molecule has 3 rings (SSSR count). The van der Waals surface area contributed by atoms with E-state index >= 15 is 0 Å². The fourth-order valence-corrected chi connectivity index (χ4v) is 3.88. The predicted octanol–water partition coefficient (Wildman–Crippen LogP) is 2.50. The van der Waals surface area contributed by atoms with Crippen LogP contribution in [0.5, 0.6) is 0 Å². The molecule has 110 valence electrons.